The third-order valence-corrected chi connectivity index (χ3v) is 5.51. The van der Waals surface area contributed by atoms with Gasteiger partial charge in [-0.05, 0) is 50.0 Å². The van der Waals surface area contributed by atoms with Crippen LogP contribution >= 0.6 is 11.8 Å². The second kappa shape index (κ2) is 6.89. The molecule has 5 heteroatoms. The van der Waals surface area contributed by atoms with Gasteiger partial charge in [0.25, 0.3) is 0 Å². The molecule has 0 bridgehead atoms. The summed E-state index contributed by atoms with van der Waals surface area (Å²) in [7, 11) is 0. The molecule has 4 nitrogen and oxygen atoms in total. The largest absolute Gasteiger partial charge is 0.383 e. The van der Waals surface area contributed by atoms with E-state index in [2.05, 4.69) is 49.7 Å². The van der Waals surface area contributed by atoms with Crippen molar-refractivity contribution in [2.24, 2.45) is 5.92 Å². The van der Waals surface area contributed by atoms with Gasteiger partial charge in [0.1, 0.15) is 11.6 Å². The number of hydrogen-bond acceptors (Lipinski definition) is 5. The lowest BCUT2D eigenvalue weighted by molar-refractivity contribution is 0.181. The van der Waals surface area contributed by atoms with Gasteiger partial charge >= 0.3 is 0 Å². The maximum atomic E-state index is 6.19. The first-order chi connectivity index (χ1) is 11.3. The van der Waals surface area contributed by atoms with Crippen LogP contribution in [0.2, 0.25) is 0 Å². The lowest BCUT2D eigenvalue weighted by Gasteiger charge is -2.29. The van der Waals surface area contributed by atoms with Crippen LogP contribution in [0.5, 0.6) is 0 Å². The zero-order chi connectivity index (χ0) is 17.3. The summed E-state index contributed by atoms with van der Waals surface area (Å²) in [6.07, 6.45) is 2.52. The van der Waals surface area contributed by atoms with E-state index in [1.54, 1.807) is 0 Å². The Morgan fingerprint density at radius 3 is 2.58 bits per heavy atom. The number of rotatable bonds is 3. The number of nitrogens with zero attached hydrogens (tertiary/aromatic N) is 3. The van der Waals surface area contributed by atoms with E-state index < -0.39 is 0 Å². The normalized spacial score (nSPS) is 17.5. The summed E-state index contributed by atoms with van der Waals surface area (Å²) in [6.45, 7) is 12.0. The Hall–Kier alpha value is -1.33. The second-order valence-electron chi connectivity index (χ2n) is 7.88. The fourth-order valence-electron chi connectivity index (χ4n) is 3.09. The van der Waals surface area contributed by atoms with Gasteiger partial charge in [-0.15, -0.1) is 11.8 Å². The summed E-state index contributed by atoms with van der Waals surface area (Å²) in [5.74, 6) is 2.26. The van der Waals surface area contributed by atoms with Gasteiger partial charge in [0, 0.05) is 15.0 Å². The Morgan fingerprint density at radius 1 is 1.21 bits per heavy atom. The summed E-state index contributed by atoms with van der Waals surface area (Å²) in [6, 6.07) is 6.31. The standard InChI is InChI=1S/C19H28N4S/c1-13-7-9-23(10-8-13)12-17-21-16-11-14(24-19(2,3)4)5-6-15(16)18(20)22-17/h5-6,11,13H,7-10,12H2,1-4H3,(H2,20,21,22). The molecule has 0 radical (unpaired) electrons. The summed E-state index contributed by atoms with van der Waals surface area (Å²) in [5, 5.41) is 0.948. The van der Waals surface area contributed by atoms with Crippen LogP contribution in [-0.2, 0) is 6.54 Å². The molecule has 1 fully saturated rings. The summed E-state index contributed by atoms with van der Waals surface area (Å²) < 4.78 is 0.180. The van der Waals surface area contributed by atoms with E-state index in [-0.39, 0.29) is 4.75 Å². The number of nitrogen functional groups attached to an aromatic ring is 1. The van der Waals surface area contributed by atoms with Crippen molar-refractivity contribution in [1.29, 1.82) is 0 Å². The quantitative estimate of drug-likeness (QED) is 0.840. The van der Waals surface area contributed by atoms with E-state index in [1.807, 2.05) is 17.8 Å². The lowest BCUT2D eigenvalue weighted by atomic mass is 9.99. The van der Waals surface area contributed by atoms with Gasteiger partial charge in [-0.2, -0.15) is 0 Å². The van der Waals surface area contributed by atoms with Gasteiger partial charge in [0.05, 0.1) is 12.1 Å². The van der Waals surface area contributed by atoms with Crippen LogP contribution in [0, 0.1) is 5.92 Å². The van der Waals surface area contributed by atoms with Crippen molar-refractivity contribution >= 4 is 28.5 Å². The summed E-state index contributed by atoms with van der Waals surface area (Å²) in [4.78, 5) is 13.0. The molecule has 3 rings (SSSR count). The van der Waals surface area contributed by atoms with Crippen LogP contribution in [0.4, 0.5) is 5.82 Å². The molecule has 2 heterocycles. The number of benzene rings is 1. The van der Waals surface area contributed by atoms with Crippen LogP contribution < -0.4 is 5.73 Å². The van der Waals surface area contributed by atoms with E-state index >= 15 is 0 Å². The number of nitrogens with two attached hydrogens (primary N) is 1. The fourth-order valence-corrected chi connectivity index (χ4v) is 4.11. The first-order valence-corrected chi connectivity index (χ1v) is 9.59. The molecule has 130 valence electrons. The monoisotopic (exact) mass is 344 g/mol. The van der Waals surface area contributed by atoms with Crippen LogP contribution in [0.25, 0.3) is 10.9 Å². The molecule has 0 saturated carbocycles. The summed E-state index contributed by atoms with van der Waals surface area (Å²) in [5.41, 5.74) is 7.14. The number of anilines is 1. The van der Waals surface area contributed by atoms with Gasteiger partial charge < -0.3 is 5.73 Å². The van der Waals surface area contributed by atoms with Gasteiger partial charge in [0.15, 0.2) is 0 Å². The molecule has 1 aromatic heterocycles. The molecule has 0 amide bonds. The highest BCUT2D eigenvalue weighted by molar-refractivity contribution is 8.00. The zero-order valence-electron chi connectivity index (χ0n) is 15.2. The smallest absolute Gasteiger partial charge is 0.145 e. The molecular weight excluding hydrogens is 316 g/mol. The minimum absolute atomic E-state index is 0.180. The minimum atomic E-state index is 0.180. The first kappa shape index (κ1) is 17.5. The minimum Gasteiger partial charge on any atom is -0.383 e. The molecule has 24 heavy (non-hydrogen) atoms. The van der Waals surface area contributed by atoms with Crippen molar-refractivity contribution in [2.45, 2.75) is 56.7 Å². The Kier molecular flexibility index (Phi) is 5.02. The Balaban J connectivity index is 1.84. The third kappa shape index (κ3) is 4.39. The summed E-state index contributed by atoms with van der Waals surface area (Å²) >= 11 is 1.85. The fraction of sp³-hybridized carbons (Fsp3) is 0.579. The van der Waals surface area contributed by atoms with E-state index in [9.17, 15) is 0 Å². The van der Waals surface area contributed by atoms with E-state index in [1.165, 1.54) is 17.7 Å². The van der Waals surface area contributed by atoms with Crippen molar-refractivity contribution in [2.75, 3.05) is 18.8 Å². The molecule has 0 spiro atoms. The van der Waals surface area contributed by atoms with Crippen molar-refractivity contribution < 1.29 is 0 Å². The number of piperidine rings is 1. The highest BCUT2D eigenvalue weighted by Gasteiger charge is 2.18. The molecule has 1 aliphatic heterocycles. The Bertz CT molecular complexity index is 715. The average Bonchev–Trinajstić information content (AvgIpc) is 2.47. The van der Waals surface area contributed by atoms with Gasteiger partial charge in [-0.3, -0.25) is 4.90 Å². The molecule has 0 aliphatic carbocycles. The number of likely N-dealkylation sites (tertiary alicyclic amines) is 1. The van der Waals surface area contributed by atoms with Crippen LogP contribution in [-0.4, -0.2) is 32.7 Å². The third-order valence-electron chi connectivity index (χ3n) is 4.41. The SMILES string of the molecule is CC1CCN(Cc2nc(N)c3ccc(SC(C)(C)C)cc3n2)CC1. The molecular formula is C19H28N4S. The molecule has 1 aliphatic rings. The topological polar surface area (TPSA) is 55.0 Å². The van der Waals surface area contributed by atoms with Gasteiger partial charge in [-0.25, -0.2) is 9.97 Å². The van der Waals surface area contributed by atoms with Crippen molar-refractivity contribution in [3.63, 3.8) is 0 Å². The predicted molar refractivity (Wildman–Crippen MR) is 103 cm³/mol. The maximum absolute atomic E-state index is 6.19. The van der Waals surface area contributed by atoms with Gasteiger partial charge in [-0.1, -0.05) is 27.7 Å². The maximum Gasteiger partial charge on any atom is 0.145 e. The number of fused-ring (bicyclic) bond motifs is 1. The Morgan fingerprint density at radius 2 is 1.92 bits per heavy atom. The first-order valence-electron chi connectivity index (χ1n) is 8.78. The zero-order valence-corrected chi connectivity index (χ0v) is 16.0. The number of hydrogen-bond donors (Lipinski definition) is 1. The molecule has 2 aromatic rings. The van der Waals surface area contributed by atoms with E-state index in [4.69, 9.17) is 10.7 Å². The van der Waals surface area contributed by atoms with Crippen LogP contribution in [0.15, 0.2) is 23.1 Å². The van der Waals surface area contributed by atoms with E-state index in [0.29, 0.717) is 5.82 Å². The van der Waals surface area contributed by atoms with E-state index in [0.717, 1.165) is 42.3 Å². The molecule has 1 aromatic carbocycles. The molecule has 0 unspecified atom stereocenters. The molecule has 2 N–H and O–H groups in total. The highest BCUT2D eigenvalue weighted by atomic mass is 32.2. The average molecular weight is 345 g/mol. The van der Waals surface area contributed by atoms with Crippen molar-refractivity contribution in [1.82, 2.24) is 14.9 Å². The lowest BCUT2D eigenvalue weighted by Crippen LogP contribution is -2.33. The predicted octanol–water partition coefficient (Wildman–Crippen LogP) is 4.33. The Labute approximate surface area is 149 Å². The van der Waals surface area contributed by atoms with Crippen LogP contribution in [0.3, 0.4) is 0 Å². The number of aromatic nitrogens is 2. The van der Waals surface area contributed by atoms with Gasteiger partial charge in [0.2, 0.25) is 0 Å². The molecule has 0 atom stereocenters. The van der Waals surface area contributed by atoms with Crippen molar-refractivity contribution in [3.05, 3.63) is 24.0 Å². The molecule has 1 saturated heterocycles. The van der Waals surface area contributed by atoms with Crippen molar-refractivity contribution in [3.8, 4) is 0 Å². The second-order valence-corrected chi connectivity index (χ2v) is 9.78. The number of thioether (sulfide) groups is 1. The van der Waals surface area contributed by atoms with Crippen LogP contribution in [0.1, 0.15) is 46.4 Å². The highest BCUT2D eigenvalue weighted by Crippen LogP contribution is 2.34.